The maximum Gasteiger partial charge on any atom is 0.192 e. The van der Waals surface area contributed by atoms with Gasteiger partial charge in [0.15, 0.2) is 11.8 Å². The molecule has 0 aromatic carbocycles. The van der Waals surface area contributed by atoms with Crippen molar-refractivity contribution >= 4 is 41.3 Å². The number of furan rings is 1. The van der Waals surface area contributed by atoms with Crippen molar-refractivity contribution in [2.45, 2.75) is 39.8 Å². The average molecular weight is 514 g/mol. The van der Waals surface area contributed by atoms with Crippen LogP contribution in [0.3, 0.4) is 0 Å². The summed E-state index contributed by atoms with van der Waals surface area (Å²) in [4.78, 5) is 6.04. The van der Waals surface area contributed by atoms with Crippen LogP contribution < -0.4 is 10.6 Å². The van der Waals surface area contributed by atoms with Crippen molar-refractivity contribution < 1.29 is 4.42 Å². The zero-order valence-corrected chi connectivity index (χ0v) is 19.7. The quantitative estimate of drug-likeness (QED) is 0.285. The number of thiophene rings is 1. The molecule has 3 aromatic rings. The Bertz CT molecular complexity index is 886. The van der Waals surface area contributed by atoms with Gasteiger partial charge in [0, 0.05) is 18.5 Å². The van der Waals surface area contributed by atoms with Crippen molar-refractivity contribution in [1.82, 2.24) is 25.4 Å². The van der Waals surface area contributed by atoms with Gasteiger partial charge in [0.25, 0.3) is 0 Å². The molecule has 0 amide bonds. The number of guanidine groups is 1. The summed E-state index contributed by atoms with van der Waals surface area (Å²) in [7, 11) is 1.95. The van der Waals surface area contributed by atoms with Crippen LogP contribution in [-0.2, 0) is 20.0 Å². The molecule has 3 aromatic heterocycles. The Kier molecular flexibility index (Phi) is 8.49. The zero-order chi connectivity index (χ0) is 19.2. The van der Waals surface area contributed by atoms with E-state index in [1.807, 2.05) is 37.6 Å². The van der Waals surface area contributed by atoms with Gasteiger partial charge in [0.05, 0.1) is 6.04 Å². The van der Waals surface area contributed by atoms with Gasteiger partial charge in [-0.1, -0.05) is 6.07 Å². The summed E-state index contributed by atoms with van der Waals surface area (Å²) < 4.78 is 7.68. The zero-order valence-electron chi connectivity index (χ0n) is 16.6. The highest BCUT2D eigenvalue weighted by atomic mass is 127. The molecule has 3 heterocycles. The maximum atomic E-state index is 5.72. The van der Waals surface area contributed by atoms with Crippen LogP contribution in [0.25, 0.3) is 0 Å². The number of hydrogen-bond donors (Lipinski definition) is 2. The van der Waals surface area contributed by atoms with Crippen LogP contribution in [0.5, 0.6) is 0 Å². The van der Waals surface area contributed by atoms with Crippen molar-refractivity contribution in [2.24, 2.45) is 12.0 Å². The summed E-state index contributed by atoms with van der Waals surface area (Å²) in [5.74, 6) is 4.22. The summed E-state index contributed by atoms with van der Waals surface area (Å²) in [6.45, 7) is 7.19. The van der Waals surface area contributed by atoms with Gasteiger partial charge in [-0.2, -0.15) is 0 Å². The van der Waals surface area contributed by atoms with Gasteiger partial charge in [-0.15, -0.1) is 45.5 Å². The Morgan fingerprint density at radius 2 is 2.11 bits per heavy atom. The van der Waals surface area contributed by atoms with E-state index in [9.17, 15) is 0 Å². The number of nitrogens with one attached hydrogen (secondary N) is 2. The van der Waals surface area contributed by atoms with Crippen molar-refractivity contribution in [2.75, 3.05) is 6.54 Å². The first kappa shape index (κ1) is 22.4. The monoisotopic (exact) mass is 514 g/mol. The molecule has 0 aliphatic heterocycles. The molecular formula is C19H27IN6OS. The van der Waals surface area contributed by atoms with Crippen LogP contribution in [-0.4, -0.2) is 27.3 Å². The van der Waals surface area contributed by atoms with E-state index in [-0.39, 0.29) is 30.0 Å². The standard InChI is InChI=1S/C19H26N6OS.HI/c1-13-7-8-17(26-13)14(2)22-19(20-10-9-16-6-5-11-27-16)21-12-18-24-23-15(3)25(18)4;/h5-8,11,14H,9-10,12H2,1-4H3,(H2,20,21,22);1H. The van der Waals surface area contributed by atoms with E-state index in [1.54, 1.807) is 11.3 Å². The van der Waals surface area contributed by atoms with E-state index >= 15 is 0 Å². The normalized spacial score (nSPS) is 12.5. The van der Waals surface area contributed by atoms with Crippen LogP contribution in [0.1, 0.15) is 41.0 Å². The van der Waals surface area contributed by atoms with E-state index in [1.165, 1.54) is 4.88 Å². The maximum absolute atomic E-state index is 5.72. The van der Waals surface area contributed by atoms with Crippen molar-refractivity contribution in [3.63, 3.8) is 0 Å². The second kappa shape index (κ2) is 10.6. The Balaban J connectivity index is 0.00000280. The van der Waals surface area contributed by atoms with Crippen molar-refractivity contribution in [3.05, 3.63) is 57.7 Å². The first-order valence-electron chi connectivity index (χ1n) is 9.01. The molecule has 28 heavy (non-hydrogen) atoms. The molecule has 0 bridgehead atoms. The molecular weight excluding hydrogens is 487 g/mol. The van der Waals surface area contributed by atoms with Crippen LogP contribution in [0.15, 0.2) is 39.1 Å². The molecule has 0 fully saturated rings. The summed E-state index contributed by atoms with van der Waals surface area (Å²) in [6.07, 6.45) is 0.954. The molecule has 0 aliphatic rings. The Labute approximate surface area is 186 Å². The summed E-state index contributed by atoms with van der Waals surface area (Å²) in [6, 6.07) is 8.19. The first-order valence-corrected chi connectivity index (χ1v) is 9.89. The van der Waals surface area contributed by atoms with E-state index in [0.717, 1.165) is 42.1 Å². The number of aryl methyl sites for hydroxylation is 2. The van der Waals surface area contributed by atoms with Crippen molar-refractivity contribution in [1.29, 1.82) is 0 Å². The smallest absolute Gasteiger partial charge is 0.192 e. The molecule has 0 spiro atoms. The summed E-state index contributed by atoms with van der Waals surface area (Å²) in [5.41, 5.74) is 0. The Morgan fingerprint density at radius 1 is 1.29 bits per heavy atom. The number of halogens is 1. The molecule has 0 aliphatic carbocycles. The van der Waals surface area contributed by atoms with E-state index in [4.69, 9.17) is 9.41 Å². The molecule has 1 unspecified atom stereocenters. The molecule has 1 atom stereocenters. The minimum atomic E-state index is 0. The second-order valence-corrected chi connectivity index (χ2v) is 7.49. The highest BCUT2D eigenvalue weighted by molar-refractivity contribution is 14.0. The van der Waals surface area contributed by atoms with Crippen LogP contribution in [0.4, 0.5) is 0 Å². The van der Waals surface area contributed by atoms with Gasteiger partial charge >= 0.3 is 0 Å². The highest BCUT2D eigenvalue weighted by Crippen LogP contribution is 2.15. The lowest BCUT2D eigenvalue weighted by Crippen LogP contribution is -2.39. The largest absolute Gasteiger partial charge is 0.464 e. The molecule has 7 nitrogen and oxygen atoms in total. The predicted molar refractivity (Wildman–Crippen MR) is 123 cm³/mol. The minimum absolute atomic E-state index is 0. The van der Waals surface area contributed by atoms with Crippen LogP contribution in [0.2, 0.25) is 0 Å². The first-order chi connectivity index (χ1) is 13.0. The lowest BCUT2D eigenvalue weighted by Gasteiger charge is -2.17. The number of aliphatic imine (C=N–C) groups is 1. The van der Waals surface area contributed by atoms with Gasteiger partial charge in [-0.05, 0) is 50.8 Å². The van der Waals surface area contributed by atoms with Crippen LogP contribution >= 0.6 is 35.3 Å². The van der Waals surface area contributed by atoms with E-state index < -0.39 is 0 Å². The molecule has 152 valence electrons. The second-order valence-electron chi connectivity index (χ2n) is 6.46. The molecule has 0 saturated carbocycles. The number of aromatic nitrogens is 3. The minimum Gasteiger partial charge on any atom is -0.464 e. The van der Waals surface area contributed by atoms with Crippen molar-refractivity contribution in [3.8, 4) is 0 Å². The fraction of sp³-hybridized carbons (Fsp3) is 0.421. The molecule has 3 rings (SSSR count). The highest BCUT2D eigenvalue weighted by Gasteiger charge is 2.12. The lowest BCUT2D eigenvalue weighted by atomic mass is 10.2. The topological polar surface area (TPSA) is 80.3 Å². The molecule has 0 radical (unpaired) electrons. The average Bonchev–Trinajstić information content (AvgIpc) is 3.37. The van der Waals surface area contributed by atoms with Crippen LogP contribution in [0, 0.1) is 13.8 Å². The number of nitrogens with zero attached hydrogens (tertiary/aromatic N) is 4. The number of rotatable bonds is 7. The van der Waals surface area contributed by atoms with Gasteiger partial charge in [0.1, 0.15) is 23.9 Å². The number of hydrogen-bond acceptors (Lipinski definition) is 5. The fourth-order valence-electron chi connectivity index (χ4n) is 2.61. The van der Waals surface area contributed by atoms with Gasteiger partial charge < -0.3 is 19.6 Å². The third-order valence-corrected chi connectivity index (χ3v) is 5.28. The predicted octanol–water partition coefficient (Wildman–Crippen LogP) is 3.74. The SMILES string of the molecule is Cc1ccc(C(C)NC(=NCc2nnc(C)n2C)NCCc2cccs2)o1.I. The fourth-order valence-corrected chi connectivity index (χ4v) is 3.32. The summed E-state index contributed by atoms with van der Waals surface area (Å²) >= 11 is 1.77. The van der Waals surface area contributed by atoms with Gasteiger partial charge in [-0.3, -0.25) is 0 Å². The van der Waals surface area contributed by atoms with Gasteiger partial charge in [-0.25, -0.2) is 4.99 Å². The molecule has 2 N–H and O–H groups in total. The lowest BCUT2D eigenvalue weighted by molar-refractivity contribution is 0.441. The molecule has 9 heteroatoms. The van der Waals surface area contributed by atoms with Gasteiger partial charge in [0.2, 0.25) is 0 Å². The third kappa shape index (κ3) is 6.06. The summed E-state index contributed by atoms with van der Waals surface area (Å²) in [5, 5.41) is 17.2. The third-order valence-electron chi connectivity index (χ3n) is 4.35. The van der Waals surface area contributed by atoms with E-state index in [0.29, 0.717) is 6.54 Å². The van der Waals surface area contributed by atoms with E-state index in [2.05, 4.69) is 45.3 Å². The Morgan fingerprint density at radius 3 is 2.71 bits per heavy atom. The molecule has 0 saturated heterocycles. The Hall–Kier alpha value is -1.88.